The van der Waals surface area contributed by atoms with Gasteiger partial charge in [-0.15, -0.1) is 0 Å². The van der Waals surface area contributed by atoms with Crippen molar-refractivity contribution in [2.45, 2.75) is 25.8 Å². The molecule has 0 fully saturated rings. The molecule has 1 rings (SSSR count). The summed E-state index contributed by atoms with van der Waals surface area (Å²) in [6.45, 7) is 1.77. The Morgan fingerprint density at radius 3 is 2.53 bits per heavy atom. The third-order valence-corrected chi connectivity index (χ3v) is 3.26. The highest BCUT2D eigenvalue weighted by molar-refractivity contribution is 7.19. The van der Waals surface area contributed by atoms with Gasteiger partial charge in [-0.1, -0.05) is 13.3 Å². The van der Waals surface area contributed by atoms with Gasteiger partial charge in [-0.05, 0) is 17.8 Å². The Hall–Kier alpha value is -2.23. The van der Waals surface area contributed by atoms with Gasteiger partial charge < -0.3 is 10.4 Å². The molecule has 0 unspecified atom stereocenters. The van der Waals surface area contributed by atoms with Crippen LogP contribution in [0.5, 0.6) is 0 Å². The zero-order chi connectivity index (χ0) is 14.6. The van der Waals surface area contributed by atoms with E-state index in [-0.39, 0.29) is 11.4 Å². The van der Waals surface area contributed by atoms with Crippen LogP contribution in [-0.2, 0) is 4.79 Å². The number of carboxylic acid groups (broad SMARTS) is 1. The molecular weight excluding hydrogens is 278 g/mol. The summed E-state index contributed by atoms with van der Waals surface area (Å²) in [5.41, 5.74) is -0.487. The smallest absolute Gasteiger partial charge is 0.333 e. The minimum atomic E-state index is -1.16. The minimum absolute atomic E-state index is 0.113. The number of nitrogens with one attached hydrogen (secondary N) is 1. The maximum Gasteiger partial charge on any atom is 0.333 e. The van der Waals surface area contributed by atoms with E-state index >= 15 is 0 Å². The normalized spacial score (nSPS) is 11.8. The number of hydrogen-bond donors (Lipinski definition) is 2. The fraction of sp³-hybridized carbons (Fsp3) is 0.444. The zero-order valence-corrected chi connectivity index (χ0v) is 10.7. The van der Waals surface area contributed by atoms with E-state index in [9.17, 15) is 25.0 Å². The molecule has 1 heterocycles. The fourth-order valence-corrected chi connectivity index (χ4v) is 2.30. The maximum atomic E-state index is 11.0. The second-order valence-corrected chi connectivity index (χ2v) is 4.67. The number of aliphatic carboxylic acids is 1. The van der Waals surface area contributed by atoms with Crippen molar-refractivity contribution in [1.82, 2.24) is 0 Å². The van der Waals surface area contributed by atoms with Crippen LogP contribution in [0.2, 0.25) is 0 Å². The summed E-state index contributed by atoms with van der Waals surface area (Å²) < 4.78 is 0. The van der Waals surface area contributed by atoms with Gasteiger partial charge >= 0.3 is 16.7 Å². The average molecular weight is 289 g/mol. The Morgan fingerprint density at radius 2 is 2.11 bits per heavy atom. The Kier molecular flexibility index (Phi) is 4.75. The highest BCUT2D eigenvalue weighted by Crippen LogP contribution is 2.39. The Bertz CT molecular complexity index is 514. The molecule has 0 saturated heterocycles. The van der Waals surface area contributed by atoms with E-state index < -0.39 is 32.5 Å². The molecule has 19 heavy (non-hydrogen) atoms. The van der Waals surface area contributed by atoms with E-state index in [1.54, 1.807) is 6.92 Å². The van der Waals surface area contributed by atoms with E-state index in [0.29, 0.717) is 17.8 Å². The van der Waals surface area contributed by atoms with Crippen molar-refractivity contribution in [3.63, 3.8) is 0 Å². The van der Waals surface area contributed by atoms with E-state index in [1.807, 2.05) is 0 Å². The lowest BCUT2D eigenvalue weighted by molar-refractivity contribution is -0.389. The molecule has 1 aromatic heterocycles. The Labute approximate surface area is 111 Å². The van der Waals surface area contributed by atoms with Crippen LogP contribution in [0.25, 0.3) is 0 Å². The van der Waals surface area contributed by atoms with Gasteiger partial charge in [0.05, 0.1) is 9.85 Å². The molecule has 0 aliphatic rings. The van der Waals surface area contributed by atoms with Gasteiger partial charge in [-0.3, -0.25) is 20.2 Å². The van der Waals surface area contributed by atoms with Gasteiger partial charge in [0, 0.05) is 0 Å². The van der Waals surface area contributed by atoms with Crippen molar-refractivity contribution in [2.24, 2.45) is 0 Å². The van der Waals surface area contributed by atoms with Crippen molar-refractivity contribution in [1.29, 1.82) is 0 Å². The summed E-state index contributed by atoms with van der Waals surface area (Å²) in [5.74, 6) is -1.16. The summed E-state index contributed by atoms with van der Waals surface area (Å²) in [5, 5.41) is 32.3. The third kappa shape index (κ3) is 3.61. The van der Waals surface area contributed by atoms with Crippen molar-refractivity contribution in [2.75, 3.05) is 5.32 Å². The summed E-state index contributed by atoms with van der Waals surface area (Å²) in [6, 6.07) is -0.195. The molecule has 0 aliphatic heterocycles. The number of hydrogen-bond acceptors (Lipinski definition) is 7. The van der Waals surface area contributed by atoms with Gasteiger partial charge in [0.2, 0.25) is 0 Å². The second-order valence-electron chi connectivity index (χ2n) is 3.64. The van der Waals surface area contributed by atoms with Crippen LogP contribution in [0.3, 0.4) is 0 Å². The molecule has 0 spiro atoms. The highest BCUT2D eigenvalue weighted by Gasteiger charge is 2.28. The lowest BCUT2D eigenvalue weighted by Crippen LogP contribution is -2.28. The van der Waals surface area contributed by atoms with Gasteiger partial charge in [-0.2, -0.15) is 0 Å². The number of thiophene rings is 1. The number of carbonyl (C=O) groups is 1. The molecule has 1 atom stereocenters. The topological polar surface area (TPSA) is 136 Å². The van der Waals surface area contributed by atoms with Gasteiger partial charge in [0.15, 0.2) is 5.00 Å². The van der Waals surface area contributed by atoms with Crippen molar-refractivity contribution < 1.29 is 19.7 Å². The molecule has 9 nitrogen and oxygen atoms in total. The van der Waals surface area contributed by atoms with Crippen molar-refractivity contribution >= 4 is 33.0 Å². The zero-order valence-electron chi connectivity index (χ0n) is 9.86. The first-order chi connectivity index (χ1) is 8.86. The highest BCUT2D eigenvalue weighted by atomic mass is 32.1. The minimum Gasteiger partial charge on any atom is -0.480 e. The van der Waals surface area contributed by atoms with E-state index in [1.165, 1.54) is 0 Å². The number of carboxylic acids is 1. The van der Waals surface area contributed by atoms with Crippen molar-refractivity contribution in [3.8, 4) is 0 Å². The monoisotopic (exact) mass is 289 g/mol. The number of rotatable bonds is 7. The first-order valence-electron chi connectivity index (χ1n) is 5.28. The summed E-state index contributed by atoms with van der Waals surface area (Å²) >= 11 is 0.552. The first kappa shape index (κ1) is 14.8. The van der Waals surface area contributed by atoms with Gasteiger partial charge in [0.1, 0.15) is 12.1 Å². The maximum absolute atomic E-state index is 11.0. The standard InChI is InChI=1S/C9H11N3O6S/c1-2-3-5(9(13)14)10-8-6(11(15)16)4-7(19-8)12(17)18/h4-5,10H,2-3H2,1H3,(H,13,14)/t5-/m1/s1. The van der Waals surface area contributed by atoms with Crippen molar-refractivity contribution in [3.05, 3.63) is 26.3 Å². The van der Waals surface area contributed by atoms with E-state index in [4.69, 9.17) is 5.11 Å². The summed E-state index contributed by atoms with van der Waals surface area (Å²) in [6.07, 6.45) is 0.823. The van der Waals surface area contributed by atoms with E-state index in [2.05, 4.69) is 5.32 Å². The van der Waals surface area contributed by atoms with Crippen LogP contribution < -0.4 is 5.32 Å². The SMILES string of the molecule is CCC[C@@H](Nc1sc([N+](=O)[O-])cc1[N+](=O)[O-])C(=O)O. The quantitative estimate of drug-likeness (QED) is 0.580. The van der Waals surface area contributed by atoms with Crippen LogP contribution in [0.15, 0.2) is 6.07 Å². The number of nitrogens with zero attached hydrogens (tertiary/aromatic N) is 2. The van der Waals surface area contributed by atoms with Crippen LogP contribution in [0, 0.1) is 20.2 Å². The molecule has 1 aromatic rings. The molecule has 10 heteroatoms. The predicted octanol–water partition coefficient (Wildman–Crippen LogP) is 2.23. The Balaban J connectivity index is 3.07. The van der Waals surface area contributed by atoms with Crippen LogP contribution in [0.1, 0.15) is 19.8 Å². The van der Waals surface area contributed by atoms with Crippen LogP contribution in [-0.4, -0.2) is 27.0 Å². The lowest BCUT2D eigenvalue weighted by atomic mass is 10.2. The fourth-order valence-electron chi connectivity index (χ4n) is 1.40. The van der Waals surface area contributed by atoms with E-state index in [0.717, 1.165) is 6.07 Å². The number of nitro groups is 2. The second kappa shape index (κ2) is 6.09. The van der Waals surface area contributed by atoms with Gasteiger partial charge in [0.25, 0.3) is 0 Å². The molecule has 0 saturated carbocycles. The van der Waals surface area contributed by atoms with Crippen LogP contribution in [0.4, 0.5) is 15.7 Å². The largest absolute Gasteiger partial charge is 0.480 e. The lowest BCUT2D eigenvalue weighted by Gasteiger charge is -2.12. The average Bonchev–Trinajstić information content (AvgIpc) is 2.72. The third-order valence-electron chi connectivity index (χ3n) is 2.26. The predicted molar refractivity (Wildman–Crippen MR) is 67.6 cm³/mol. The molecular formula is C9H11N3O6S. The molecule has 2 N–H and O–H groups in total. The molecule has 104 valence electrons. The summed E-state index contributed by atoms with van der Waals surface area (Å²) in [4.78, 5) is 30.8. The molecule has 0 radical (unpaired) electrons. The summed E-state index contributed by atoms with van der Waals surface area (Å²) in [7, 11) is 0. The first-order valence-corrected chi connectivity index (χ1v) is 6.10. The molecule has 0 amide bonds. The van der Waals surface area contributed by atoms with Gasteiger partial charge in [-0.25, -0.2) is 4.79 Å². The molecule has 0 aromatic carbocycles. The molecule has 0 aliphatic carbocycles. The number of anilines is 1. The van der Waals surface area contributed by atoms with Crippen LogP contribution >= 0.6 is 11.3 Å². The molecule has 0 bridgehead atoms. The Morgan fingerprint density at radius 1 is 1.47 bits per heavy atom.